The molecule has 0 aromatic carbocycles. The molecule has 0 radical (unpaired) electrons. The normalized spacial score (nSPS) is 29.1. The molecule has 4 heteroatoms. The highest BCUT2D eigenvalue weighted by Gasteiger charge is 2.41. The molecule has 0 aromatic heterocycles. The van der Waals surface area contributed by atoms with Crippen molar-refractivity contribution in [1.29, 1.82) is 0 Å². The summed E-state index contributed by atoms with van der Waals surface area (Å²) in [6.07, 6.45) is -4.16. The summed E-state index contributed by atoms with van der Waals surface area (Å²) in [5, 5.41) is 8.89. The minimum absolute atomic E-state index is 0.0293. The maximum Gasteiger partial charge on any atom is 0.414 e. The lowest BCUT2D eigenvalue weighted by Gasteiger charge is -2.20. The molecule has 0 aromatic rings. The van der Waals surface area contributed by atoms with Crippen LogP contribution < -0.4 is 0 Å². The van der Waals surface area contributed by atoms with Gasteiger partial charge in [0.2, 0.25) is 0 Å². The first kappa shape index (κ1) is 11.8. The first-order chi connectivity index (χ1) is 6.21. The lowest BCUT2D eigenvalue weighted by Crippen LogP contribution is -2.30. The number of halogens is 3. The minimum atomic E-state index is -4.45. The molecule has 0 bridgehead atoms. The van der Waals surface area contributed by atoms with Gasteiger partial charge in [-0.15, -0.1) is 0 Å². The third kappa shape index (κ3) is 3.15. The largest absolute Gasteiger partial charge is 0.414 e. The molecule has 1 rings (SSSR count). The highest BCUT2D eigenvalue weighted by atomic mass is 19.4. The summed E-state index contributed by atoms with van der Waals surface area (Å²) in [7, 11) is 0. The highest BCUT2D eigenvalue weighted by Crippen LogP contribution is 2.43. The van der Waals surface area contributed by atoms with E-state index in [-0.39, 0.29) is 17.8 Å². The van der Waals surface area contributed by atoms with E-state index in [0.717, 1.165) is 19.3 Å². The molecule has 1 nitrogen and oxygen atoms in total. The molecule has 0 spiro atoms. The van der Waals surface area contributed by atoms with Crippen LogP contribution in [0.15, 0.2) is 0 Å². The fourth-order valence-electron chi connectivity index (χ4n) is 2.23. The monoisotopic (exact) mass is 210 g/mol. The van der Waals surface area contributed by atoms with E-state index in [4.69, 9.17) is 5.11 Å². The molecule has 84 valence electrons. The second kappa shape index (κ2) is 3.72. The Morgan fingerprint density at radius 2 is 2.00 bits per heavy atom. The maximum atomic E-state index is 12.0. The number of aliphatic hydroxyl groups is 1. The number of aliphatic hydroxyl groups excluding tert-OH is 1. The van der Waals surface area contributed by atoms with E-state index in [0.29, 0.717) is 0 Å². The lowest BCUT2D eigenvalue weighted by molar-refractivity contribution is -0.208. The van der Waals surface area contributed by atoms with Crippen LogP contribution in [0.5, 0.6) is 0 Å². The van der Waals surface area contributed by atoms with Crippen LogP contribution in [0.2, 0.25) is 0 Å². The summed E-state index contributed by atoms with van der Waals surface area (Å²) in [4.78, 5) is 0. The Morgan fingerprint density at radius 1 is 1.43 bits per heavy atom. The zero-order valence-corrected chi connectivity index (χ0v) is 8.56. The molecule has 0 aliphatic heterocycles. The molecule has 0 saturated heterocycles. The van der Waals surface area contributed by atoms with Gasteiger partial charge >= 0.3 is 6.18 Å². The second-order valence-corrected chi connectivity index (χ2v) is 5.07. The molecule has 0 amide bonds. The van der Waals surface area contributed by atoms with Gasteiger partial charge in [0.15, 0.2) is 0 Å². The van der Waals surface area contributed by atoms with Crippen LogP contribution in [0, 0.1) is 11.3 Å². The van der Waals surface area contributed by atoms with Gasteiger partial charge in [0.1, 0.15) is 6.10 Å². The van der Waals surface area contributed by atoms with Crippen LogP contribution in [0.1, 0.15) is 39.5 Å². The van der Waals surface area contributed by atoms with Crippen molar-refractivity contribution < 1.29 is 18.3 Å². The Labute approximate surface area is 82.3 Å². The van der Waals surface area contributed by atoms with Gasteiger partial charge in [-0.3, -0.25) is 0 Å². The summed E-state index contributed by atoms with van der Waals surface area (Å²) in [5.41, 5.74) is 0.149. The average Bonchev–Trinajstić information content (AvgIpc) is 2.28. The number of hydrogen-bond donors (Lipinski definition) is 1. The van der Waals surface area contributed by atoms with Crippen LogP contribution in [0.25, 0.3) is 0 Å². The van der Waals surface area contributed by atoms with Crippen molar-refractivity contribution in [2.75, 3.05) is 0 Å². The summed E-state index contributed by atoms with van der Waals surface area (Å²) in [6, 6.07) is 0. The molecule has 1 aliphatic rings. The molecule has 1 aliphatic carbocycles. The lowest BCUT2D eigenvalue weighted by atomic mass is 9.89. The van der Waals surface area contributed by atoms with Crippen molar-refractivity contribution >= 4 is 0 Å². The third-order valence-corrected chi connectivity index (χ3v) is 3.01. The number of hydrogen-bond acceptors (Lipinski definition) is 1. The van der Waals surface area contributed by atoms with E-state index < -0.39 is 12.3 Å². The van der Waals surface area contributed by atoms with Crippen LogP contribution >= 0.6 is 0 Å². The fraction of sp³-hybridized carbons (Fsp3) is 1.00. The SMILES string of the molecule is CC1(C)CCC(CC(O)C(F)(F)F)C1. The Hall–Kier alpha value is -0.250. The van der Waals surface area contributed by atoms with Crippen molar-refractivity contribution in [3.8, 4) is 0 Å². The summed E-state index contributed by atoms with van der Waals surface area (Å²) in [5.74, 6) is 0.0293. The zero-order chi connectivity index (χ0) is 11.0. The predicted octanol–water partition coefficient (Wildman–Crippen LogP) is 3.13. The molecule has 2 unspecified atom stereocenters. The third-order valence-electron chi connectivity index (χ3n) is 3.01. The van der Waals surface area contributed by atoms with Gasteiger partial charge in [-0.25, -0.2) is 0 Å². The van der Waals surface area contributed by atoms with Crippen LogP contribution in [-0.4, -0.2) is 17.4 Å². The fourth-order valence-corrected chi connectivity index (χ4v) is 2.23. The topological polar surface area (TPSA) is 20.2 Å². The predicted molar refractivity (Wildman–Crippen MR) is 47.8 cm³/mol. The van der Waals surface area contributed by atoms with Crippen molar-refractivity contribution in [2.24, 2.45) is 11.3 Å². The number of rotatable bonds is 2. The van der Waals surface area contributed by atoms with E-state index in [1.54, 1.807) is 0 Å². The maximum absolute atomic E-state index is 12.0. The van der Waals surface area contributed by atoms with E-state index in [9.17, 15) is 13.2 Å². The van der Waals surface area contributed by atoms with Crippen molar-refractivity contribution in [2.45, 2.75) is 51.8 Å². The van der Waals surface area contributed by atoms with E-state index in [1.165, 1.54) is 0 Å². The van der Waals surface area contributed by atoms with Gasteiger partial charge < -0.3 is 5.11 Å². The van der Waals surface area contributed by atoms with Crippen molar-refractivity contribution in [3.05, 3.63) is 0 Å². The van der Waals surface area contributed by atoms with Crippen LogP contribution in [0.4, 0.5) is 13.2 Å². The Bertz CT molecular complexity index is 198. The van der Waals surface area contributed by atoms with Crippen LogP contribution in [-0.2, 0) is 0 Å². The van der Waals surface area contributed by atoms with Gasteiger partial charge in [-0.1, -0.05) is 13.8 Å². The van der Waals surface area contributed by atoms with E-state index >= 15 is 0 Å². The molecule has 1 N–H and O–H groups in total. The summed E-state index contributed by atoms with van der Waals surface area (Å²) >= 11 is 0. The van der Waals surface area contributed by atoms with E-state index in [1.807, 2.05) is 0 Å². The standard InChI is InChI=1S/C10H17F3O/c1-9(2)4-3-7(6-9)5-8(14)10(11,12)13/h7-8,14H,3-6H2,1-2H3. The smallest absolute Gasteiger partial charge is 0.384 e. The molecular formula is C10H17F3O. The Kier molecular flexibility index (Phi) is 3.14. The summed E-state index contributed by atoms with van der Waals surface area (Å²) < 4.78 is 36.1. The first-order valence-corrected chi connectivity index (χ1v) is 4.95. The van der Waals surface area contributed by atoms with Crippen molar-refractivity contribution in [3.63, 3.8) is 0 Å². The molecule has 0 heterocycles. The van der Waals surface area contributed by atoms with Gasteiger partial charge in [0, 0.05) is 0 Å². The van der Waals surface area contributed by atoms with Gasteiger partial charge in [-0.2, -0.15) is 13.2 Å². The molecule has 1 fully saturated rings. The molecular weight excluding hydrogens is 193 g/mol. The molecule has 2 atom stereocenters. The van der Waals surface area contributed by atoms with E-state index in [2.05, 4.69) is 13.8 Å². The Morgan fingerprint density at radius 3 is 2.36 bits per heavy atom. The average molecular weight is 210 g/mol. The number of alkyl halides is 3. The molecule has 14 heavy (non-hydrogen) atoms. The zero-order valence-electron chi connectivity index (χ0n) is 8.56. The van der Waals surface area contributed by atoms with Crippen molar-refractivity contribution in [1.82, 2.24) is 0 Å². The second-order valence-electron chi connectivity index (χ2n) is 5.07. The van der Waals surface area contributed by atoms with Gasteiger partial charge in [0.25, 0.3) is 0 Å². The minimum Gasteiger partial charge on any atom is -0.384 e. The van der Waals surface area contributed by atoms with Crippen LogP contribution in [0.3, 0.4) is 0 Å². The highest BCUT2D eigenvalue weighted by molar-refractivity contribution is 4.84. The van der Waals surface area contributed by atoms with Gasteiger partial charge in [-0.05, 0) is 37.0 Å². The quantitative estimate of drug-likeness (QED) is 0.742. The summed E-state index contributed by atoms with van der Waals surface area (Å²) in [6.45, 7) is 4.12. The Balaban J connectivity index is 2.40. The first-order valence-electron chi connectivity index (χ1n) is 4.95. The van der Waals surface area contributed by atoms with Gasteiger partial charge in [0.05, 0.1) is 0 Å². The molecule has 1 saturated carbocycles.